The highest BCUT2D eigenvalue weighted by Gasteiger charge is 2.26. The van der Waals surface area contributed by atoms with Gasteiger partial charge in [-0.2, -0.15) is 0 Å². The molecule has 1 aliphatic heterocycles. The summed E-state index contributed by atoms with van der Waals surface area (Å²) < 4.78 is 24.6. The number of nitrogens with zero attached hydrogens (tertiary/aromatic N) is 4. The van der Waals surface area contributed by atoms with Gasteiger partial charge in [-0.3, -0.25) is 14.3 Å². The lowest BCUT2D eigenvalue weighted by molar-refractivity contribution is 0.0635. The highest BCUT2D eigenvalue weighted by atomic mass is 32.2. The number of amides is 1. The lowest BCUT2D eigenvalue weighted by atomic mass is 10.2. The summed E-state index contributed by atoms with van der Waals surface area (Å²) in [5, 5.41) is 0.774. The summed E-state index contributed by atoms with van der Waals surface area (Å²) in [5.74, 6) is 0.105. The quantitative estimate of drug-likeness (QED) is 0.673. The number of piperazine rings is 1. The van der Waals surface area contributed by atoms with Gasteiger partial charge in [0.15, 0.2) is 5.16 Å². The Morgan fingerprint density at radius 3 is 2.41 bits per heavy atom. The first-order valence-electron chi connectivity index (χ1n) is 8.75. The van der Waals surface area contributed by atoms with Crippen molar-refractivity contribution in [2.75, 3.05) is 51.0 Å². The van der Waals surface area contributed by atoms with Gasteiger partial charge in [-0.15, -0.1) is 0 Å². The minimum absolute atomic E-state index is 0.0468. The Hall–Kier alpha value is -1.84. The molecule has 0 unspecified atom stereocenters. The van der Waals surface area contributed by atoms with Gasteiger partial charge in [0.25, 0.3) is 5.91 Å². The molecule has 7 nitrogen and oxygen atoms in total. The Bertz CT molecular complexity index is 889. The number of sulfone groups is 1. The lowest BCUT2D eigenvalue weighted by Crippen LogP contribution is -2.49. The number of carbonyl (C=O) groups excluding carboxylic acids is 1. The number of aromatic nitrogens is 2. The maximum Gasteiger partial charge on any atom is 0.272 e. The third-order valence-electron chi connectivity index (χ3n) is 4.58. The van der Waals surface area contributed by atoms with Gasteiger partial charge < -0.3 is 4.90 Å². The lowest BCUT2D eigenvalue weighted by Gasteiger charge is -2.34. The molecule has 0 N–H and O–H groups in total. The Morgan fingerprint density at radius 1 is 1.15 bits per heavy atom. The molecule has 1 aliphatic rings. The number of imidazole rings is 1. The molecule has 0 bridgehead atoms. The molecule has 0 radical (unpaired) electrons. The van der Waals surface area contributed by atoms with Crippen LogP contribution < -0.4 is 0 Å². The van der Waals surface area contributed by atoms with Gasteiger partial charge in [0.05, 0.1) is 11.9 Å². The van der Waals surface area contributed by atoms with Gasteiger partial charge in [0.2, 0.25) is 0 Å². The zero-order chi connectivity index (χ0) is 19.4. The molecule has 0 atom stereocenters. The van der Waals surface area contributed by atoms with E-state index in [1.807, 2.05) is 46.1 Å². The smallest absolute Gasteiger partial charge is 0.272 e. The molecule has 1 aromatic carbocycles. The molecule has 2 aromatic rings. The molecule has 1 aromatic heterocycles. The van der Waals surface area contributed by atoms with Crippen LogP contribution in [0.5, 0.6) is 0 Å². The first kappa shape index (κ1) is 19.9. The number of rotatable bonds is 6. The molecular weight excluding hydrogens is 384 g/mol. The summed E-state index contributed by atoms with van der Waals surface area (Å²) in [6.45, 7) is 3.03. The number of thioether (sulfide) groups is 1. The van der Waals surface area contributed by atoms with E-state index < -0.39 is 9.84 Å². The normalized spacial score (nSPS) is 15.9. The Balaban J connectivity index is 1.72. The zero-order valence-corrected chi connectivity index (χ0v) is 17.2. The van der Waals surface area contributed by atoms with E-state index in [0.717, 1.165) is 10.8 Å². The van der Waals surface area contributed by atoms with Crippen LogP contribution in [0.4, 0.5) is 0 Å². The van der Waals surface area contributed by atoms with Crippen LogP contribution in [-0.4, -0.2) is 84.7 Å². The number of hydrogen-bond acceptors (Lipinski definition) is 6. The van der Waals surface area contributed by atoms with Crippen molar-refractivity contribution in [1.29, 1.82) is 0 Å². The molecule has 9 heteroatoms. The fourth-order valence-corrected chi connectivity index (χ4v) is 4.22. The van der Waals surface area contributed by atoms with Gasteiger partial charge in [-0.1, -0.05) is 30.0 Å². The van der Waals surface area contributed by atoms with E-state index >= 15 is 0 Å². The molecule has 1 saturated heterocycles. The van der Waals surface area contributed by atoms with Gasteiger partial charge >= 0.3 is 0 Å². The van der Waals surface area contributed by atoms with Crippen LogP contribution in [0.15, 0.2) is 41.7 Å². The van der Waals surface area contributed by atoms with E-state index in [1.165, 1.54) is 18.0 Å². The van der Waals surface area contributed by atoms with Crippen molar-refractivity contribution in [1.82, 2.24) is 19.4 Å². The van der Waals surface area contributed by atoms with E-state index in [2.05, 4.69) is 9.88 Å². The second-order valence-electron chi connectivity index (χ2n) is 6.56. The van der Waals surface area contributed by atoms with Crippen LogP contribution in [-0.2, 0) is 9.84 Å². The number of carbonyl (C=O) groups is 1. The molecule has 27 heavy (non-hydrogen) atoms. The topological polar surface area (TPSA) is 75.5 Å². The predicted molar refractivity (Wildman–Crippen MR) is 107 cm³/mol. The number of hydrogen-bond donors (Lipinski definition) is 0. The summed E-state index contributed by atoms with van der Waals surface area (Å²) in [7, 11) is -2.97. The molecule has 2 heterocycles. The fourth-order valence-electron chi connectivity index (χ4n) is 3.09. The standard InChI is InChI=1S/C18H24N4O3S2/c1-26-18-19-14-16(22(18)15-6-4-3-5-7-15)17(23)21-10-8-20(9-11-21)12-13-27(2,24)25/h3-7,14H,8-13H2,1-2H3. The maximum absolute atomic E-state index is 13.1. The van der Waals surface area contributed by atoms with E-state index in [-0.39, 0.29) is 11.7 Å². The van der Waals surface area contributed by atoms with E-state index in [0.29, 0.717) is 38.4 Å². The first-order valence-corrected chi connectivity index (χ1v) is 12.0. The van der Waals surface area contributed by atoms with Crippen LogP contribution >= 0.6 is 11.8 Å². The van der Waals surface area contributed by atoms with Crippen molar-refractivity contribution in [2.45, 2.75) is 5.16 Å². The van der Waals surface area contributed by atoms with Crippen molar-refractivity contribution >= 4 is 27.5 Å². The average Bonchev–Trinajstić information content (AvgIpc) is 3.10. The highest BCUT2D eigenvalue weighted by Crippen LogP contribution is 2.23. The second-order valence-corrected chi connectivity index (χ2v) is 9.60. The van der Waals surface area contributed by atoms with Crippen molar-refractivity contribution in [2.24, 2.45) is 0 Å². The van der Waals surface area contributed by atoms with Crippen LogP contribution in [0, 0.1) is 0 Å². The first-order chi connectivity index (χ1) is 12.9. The third kappa shape index (κ3) is 4.91. The van der Waals surface area contributed by atoms with Crippen LogP contribution in [0.3, 0.4) is 0 Å². The van der Waals surface area contributed by atoms with Crippen molar-refractivity contribution in [3.8, 4) is 5.69 Å². The summed E-state index contributed by atoms with van der Waals surface area (Å²) in [5.41, 5.74) is 1.46. The van der Waals surface area contributed by atoms with Crippen LogP contribution in [0.2, 0.25) is 0 Å². The SMILES string of the molecule is CSc1ncc(C(=O)N2CCN(CCS(C)(=O)=O)CC2)n1-c1ccccc1. The van der Waals surface area contributed by atoms with E-state index in [4.69, 9.17) is 0 Å². The summed E-state index contributed by atoms with van der Waals surface area (Å²) in [6.07, 6.45) is 4.83. The largest absolute Gasteiger partial charge is 0.335 e. The van der Waals surface area contributed by atoms with E-state index in [1.54, 1.807) is 6.20 Å². The van der Waals surface area contributed by atoms with Gasteiger partial charge in [0, 0.05) is 44.7 Å². The molecule has 0 saturated carbocycles. The average molecular weight is 409 g/mol. The molecule has 146 valence electrons. The Kier molecular flexibility index (Phi) is 6.23. The Morgan fingerprint density at radius 2 is 1.81 bits per heavy atom. The summed E-state index contributed by atoms with van der Waals surface area (Å²) in [6, 6.07) is 9.74. The van der Waals surface area contributed by atoms with Gasteiger partial charge in [-0.05, 0) is 18.4 Å². The molecule has 1 amide bonds. The third-order valence-corrected chi connectivity index (χ3v) is 6.16. The monoisotopic (exact) mass is 408 g/mol. The number of para-hydroxylation sites is 1. The second kappa shape index (κ2) is 8.45. The zero-order valence-electron chi connectivity index (χ0n) is 15.5. The number of benzene rings is 1. The fraction of sp³-hybridized carbons (Fsp3) is 0.444. The predicted octanol–water partition coefficient (Wildman–Crippen LogP) is 1.40. The van der Waals surface area contributed by atoms with E-state index in [9.17, 15) is 13.2 Å². The molecule has 0 aliphatic carbocycles. The maximum atomic E-state index is 13.1. The minimum Gasteiger partial charge on any atom is -0.335 e. The Labute approximate surface area is 164 Å². The van der Waals surface area contributed by atoms with Crippen molar-refractivity contribution in [3.63, 3.8) is 0 Å². The summed E-state index contributed by atoms with van der Waals surface area (Å²) >= 11 is 1.50. The highest BCUT2D eigenvalue weighted by molar-refractivity contribution is 7.98. The van der Waals surface area contributed by atoms with Gasteiger partial charge in [0.1, 0.15) is 15.5 Å². The van der Waals surface area contributed by atoms with Crippen molar-refractivity contribution < 1.29 is 13.2 Å². The minimum atomic E-state index is -2.97. The molecule has 0 spiro atoms. The van der Waals surface area contributed by atoms with Crippen molar-refractivity contribution in [3.05, 3.63) is 42.2 Å². The molecule has 1 fully saturated rings. The van der Waals surface area contributed by atoms with Gasteiger partial charge in [-0.25, -0.2) is 13.4 Å². The van der Waals surface area contributed by atoms with Crippen LogP contribution in [0.25, 0.3) is 5.69 Å². The molecular formula is C18H24N4O3S2. The summed E-state index contributed by atoms with van der Waals surface area (Å²) in [4.78, 5) is 21.4. The molecule has 3 rings (SSSR count). The van der Waals surface area contributed by atoms with Crippen LogP contribution in [0.1, 0.15) is 10.5 Å².